The molecular weight excluding hydrogens is 805 g/mol. The number of aliphatic hydroxyl groups is 4. The van der Waals surface area contributed by atoms with Crippen molar-refractivity contribution in [2.45, 2.75) is 179 Å². The van der Waals surface area contributed by atoms with Gasteiger partial charge in [0.2, 0.25) is 0 Å². The Bertz CT molecular complexity index is 1460. The average Bonchev–Trinajstić information content (AvgIpc) is 3.88. The summed E-state index contributed by atoms with van der Waals surface area (Å²) in [4.78, 5) is 32.3. The highest BCUT2D eigenvalue weighted by molar-refractivity contribution is 5.91. The lowest BCUT2D eigenvalue weighted by Gasteiger charge is -2.47. The van der Waals surface area contributed by atoms with E-state index in [1.165, 1.54) is 14.2 Å². The molecule has 4 saturated heterocycles. The standard InChI is InChI=1S/C46H80N2O14/c1-13-34-31(23-57-45-42(56-12)41(55-11)38(53)29(7)59-45)43-46(8,62-43)16-14-32(49)26(4)19-30(15-17-48-21-24(2)18-25(3)22-48)40(27(5)33(50)20-35(51)60-34)61-44-39(54)36(47(9)10)37(52)28(6)58-44/h14,16,24-31,33-34,36-45,50,52-54H,13,15,17-23H2,1-12H3/b16-14+/t24-,25+,26-,27+,28-,29-,30+,31-,33-,34-,36+,37-,38-,39-,40-,41-,42-,43+,44+,45-,46+/m1/s1. The number of likely N-dealkylation sites (tertiary alicyclic amines) is 1. The molecule has 16 nitrogen and oxygen atoms in total. The van der Waals surface area contributed by atoms with Crippen molar-refractivity contribution in [3.63, 3.8) is 0 Å². The highest BCUT2D eigenvalue weighted by atomic mass is 16.7. The van der Waals surface area contributed by atoms with Gasteiger partial charge < -0.3 is 68.1 Å². The smallest absolute Gasteiger partial charge is 0.308 e. The molecule has 4 fully saturated rings. The second-order valence-electron chi connectivity index (χ2n) is 19.8. The Hall–Kier alpha value is -1.64. The largest absolute Gasteiger partial charge is 0.462 e. The predicted molar refractivity (Wildman–Crippen MR) is 229 cm³/mol. The van der Waals surface area contributed by atoms with Crippen LogP contribution in [0.2, 0.25) is 0 Å². The van der Waals surface area contributed by atoms with Crippen LogP contribution in [-0.4, -0.2) is 188 Å². The number of nitrogens with zero attached hydrogens (tertiary/aromatic N) is 2. The summed E-state index contributed by atoms with van der Waals surface area (Å²) in [6.45, 7) is 18.2. The molecule has 0 aromatic rings. The third kappa shape index (κ3) is 12.2. The van der Waals surface area contributed by atoms with Crippen molar-refractivity contribution in [1.82, 2.24) is 9.80 Å². The molecule has 5 aliphatic heterocycles. The molecule has 21 atom stereocenters. The van der Waals surface area contributed by atoms with Crippen molar-refractivity contribution in [2.75, 3.05) is 54.6 Å². The van der Waals surface area contributed by atoms with E-state index in [1.807, 2.05) is 27.7 Å². The normalized spacial score (nSPS) is 47.2. The molecule has 0 radical (unpaired) electrons. The van der Waals surface area contributed by atoms with Gasteiger partial charge in [0.25, 0.3) is 0 Å². The number of allylic oxidation sites excluding steroid dienone is 1. The molecule has 5 aliphatic rings. The van der Waals surface area contributed by atoms with Crippen LogP contribution < -0.4 is 0 Å². The molecule has 0 aliphatic carbocycles. The number of piperidine rings is 1. The van der Waals surface area contributed by atoms with E-state index in [2.05, 4.69) is 18.7 Å². The van der Waals surface area contributed by atoms with E-state index in [0.29, 0.717) is 31.1 Å². The number of rotatable bonds is 12. The fourth-order valence-corrected chi connectivity index (χ4v) is 10.7. The van der Waals surface area contributed by atoms with Crippen molar-refractivity contribution in [3.05, 3.63) is 12.2 Å². The molecule has 0 bridgehead atoms. The van der Waals surface area contributed by atoms with Gasteiger partial charge >= 0.3 is 5.97 Å². The number of carbonyl (C=O) groups is 2. The van der Waals surface area contributed by atoms with Crippen molar-refractivity contribution in [2.24, 2.45) is 35.5 Å². The van der Waals surface area contributed by atoms with Gasteiger partial charge in [-0.25, -0.2) is 0 Å². The summed E-state index contributed by atoms with van der Waals surface area (Å²) in [6.07, 6.45) is -5.59. The van der Waals surface area contributed by atoms with Crippen LogP contribution in [0.4, 0.5) is 0 Å². The molecule has 5 rings (SSSR count). The fourth-order valence-electron chi connectivity index (χ4n) is 10.7. The lowest BCUT2D eigenvalue weighted by Crippen LogP contribution is -2.63. The van der Waals surface area contributed by atoms with Crippen LogP contribution in [0.25, 0.3) is 0 Å². The third-order valence-electron chi connectivity index (χ3n) is 14.3. The third-order valence-corrected chi connectivity index (χ3v) is 14.3. The Kier molecular flexibility index (Phi) is 18.4. The van der Waals surface area contributed by atoms with Crippen LogP contribution >= 0.6 is 0 Å². The first-order valence-corrected chi connectivity index (χ1v) is 23.1. The Morgan fingerprint density at radius 2 is 1.48 bits per heavy atom. The fraction of sp³-hybridized carbons (Fsp3) is 0.913. The number of carbonyl (C=O) groups excluding carboxylic acids is 2. The lowest BCUT2D eigenvalue weighted by atomic mass is 9.79. The van der Waals surface area contributed by atoms with Crippen molar-refractivity contribution in [1.29, 1.82) is 0 Å². The molecular formula is C46H80N2O14. The van der Waals surface area contributed by atoms with E-state index in [-0.39, 0.29) is 24.7 Å². The summed E-state index contributed by atoms with van der Waals surface area (Å²) < 4.78 is 49.1. The molecule has 0 amide bonds. The highest BCUT2D eigenvalue weighted by Crippen LogP contribution is 2.46. The van der Waals surface area contributed by atoms with Crippen molar-refractivity contribution >= 4 is 11.8 Å². The first kappa shape index (κ1) is 51.3. The quantitative estimate of drug-likeness (QED) is 0.165. The van der Waals surface area contributed by atoms with Gasteiger partial charge in [0.1, 0.15) is 36.1 Å². The first-order valence-electron chi connectivity index (χ1n) is 23.1. The number of methoxy groups -OCH3 is 2. The number of hydrogen-bond donors (Lipinski definition) is 4. The van der Waals surface area contributed by atoms with E-state index in [1.54, 1.807) is 45.0 Å². The maximum atomic E-state index is 14.1. The Morgan fingerprint density at radius 3 is 2.10 bits per heavy atom. The summed E-state index contributed by atoms with van der Waals surface area (Å²) in [5.74, 6) is -1.58. The maximum Gasteiger partial charge on any atom is 0.308 e. The zero-order valence-electron chi connectivity index (χ0n) is 39.3. The van der Waals surface area contributed by atoms with Crippen molar-refractivity contribution in [3.8, 4) is 0 Å². The second-order valence-corrected chi connectivity index (χ2v) is 19.8. The number of ether oxygens (including phenoxy) is 8. The van der Waals surface area contributed by atoms with E-state index in [0.717, 1.165) is 26.1 Å². The van der Waals surface area contributed by atoms with Crippen LogP contribution in [0.15, 0.2) is 12.2 Å². The Morgan fingerprint density at radius 1 is 0.855 bits per heavy atom. The molecule has 5 heterocycles. The molecule has 0 unspecified atom stereocenters. The number of aliphatic hydroxyl groups excluding tert-OH is 4. The topological polar surface area (TPSA) is 199 Å². The Labute approximate surface area is 369 Å². The summed E-state index contributed by atoms with van der Waals surface area (Å²) >= 11 is 0. The number of cyclic esters (lactones) is 1. The molecule has 62 heavy (non-hydrogen) atoms. The predicted octanol–water partition coefficient (Wildman–Crippen LogP) is 2.55. The summed E-state index contributed by atoms with van der Waals surface area (Å²) in [7, 11) is 6.53. The summed E-state index contributed by atoms with van der Waals surface area (Å²) in [5, 5.41) is 45.4. The zero-order valence-corrected chi connectivity index (χ0v) is 39.3. The minimum atomic E-state index is -1.24. The minimum Gasteiger partial charge on any atom is -0.462 e. The van der Waals surface area contributed by atoms with Crippen LogP contribution in [0, 0.1) is 35.5 Å². The SMILES string of the molecule is CC[C@H]1OC(=O)C[C@@H](O)[C@H](C)[C@@H](O[C@@H]2O[C@H](C)[C@@H](O)[C@H](N(C)C)[C@H]2O)[C@@H](CCN2C[C@H](C)C[C@H](C)C2)C[C@@H](C)C(=O)/C=C/[C@]2(C)O[C@H]2[C@@H]1CO[C@@H]1O[C@H](C)[C@@H](O)[C@@H](OC)[C@H]1OC. The molecule has 4 N–H and O–H groups in total. The Balaban J connectivity index is 1.46. The highest BCUT2D eigenvalue weighted by Gasteiger charge is 2.58. The molecule has 16 heteroatoms. The van der Waals surface area contributed by atoms with Crippen LogP contribution in [-0.2, 0) is 47.5 Å². The lowest BCUT2D eigenvalue weighted by molar-refractivity contribution is -0.305. The molecule has 0 aromatic carbocycles. The number of likely N-dealkylation sites (N-methyl/N-ethyl adjacent to an activating group) is 1. The maximum absolute atomic E-state index is 14.1. The number of epoxide rings is 1. The van der Waals surface area contributed by atoms with Gasteiger partial charge in [0.05, 0.1) is 55.7 Å². The number of fused-ring (bicyclic) bond motifs is 1. The van der Waals surface area contributed by atoms with Gasteiger partial charge in [-0.05, 0) is 97.0 Å². The molecule has 0 spiro atoms. The number of hydrogen-bond acceptors (Lipinski definition) is 16. The average molecular weight is 885 g/mol. The van der Waals surface area contributed by atoms with Gasteiger partial charge in [-0.15, -0.1) is 0 Å². The van der Waals surface area contributed by atoms with Crippen molar-refractivity contribution < 1.29 is 67.9 Å². The van der Waals surface area contributed by atoms with Crippen LogP contribution in [0.5, 0.6) is 0 Å². The second kappa shape index (κ2) is 22.2. The van der Waals surface area contributed by atoms with E-state index in [4.69, 9.17) is 37.9 Å². The van der Waals surface area contributed by atoms with E-state index >= 15 is 0 Å². The van der Waals surface area contributed by atoms with Gasteiger partial charge in [-0.1, -0.05) is 34.6 Å². The zero-order chi connectivity index (χ0) is 45.8. The van der Waals surface area contributed by atoms with E-state index in [9.17, 15) is 30.0 Å². The van der Waals surface area contributed by atoms with Gasteiger partial charge in [-0.3, -0.25) is 9.59 Å². The summed E-state index contributed by atoms with van der Waals surface area (Å²) in [6, 6.07) is -0.690. The van der Waals surface area contributed by atoms with Gasteiger partial charge in [-0.2, -0.15) is 0 Å². The summed E-state index contributed by atoms with van der Waals surface area (Å²) in [5.41, 5.74) is -0.869. The van der Waals surface area contributed by atoms with Crippen LogP contribution in [0.3, 0.4) is 0 Å². The first-order chi connectivity index (χ1) is 29.2. The van der Waals surface area contributed by atoms with E-state index < -0.39 is 115 Å². The number of esters is 1. The van der Waals surface area contributed by atoms with Crippen LogP contribution in [0.1, 0.15) is 87.5 Å². The van der Waals surface area contributed by atoms with Gasteiger partial charge in [0.15, 0.2) is 18.4 Å². The molecule has 0 aromatic heterocycles. The van der Waals surface area contributed by atoms with Gasteiger partial charge in [0, 0.05) is 45.1 Å². The molecule has 358 valence electrons. The monoisotopic (exact) mass is 885 g/mol. The minimum absolute atomic E-state index is 0.0178. The molecule has 0 saturated carbocycles. The number of ketones is 1.